The zero-order chi connectivity index (χ0) is 7.98. The molecular formula is C7H15NaO3. The van der Waals surface area contributed by atoms with Gasteiger partial charge in [-0.3, -0.25) is 4.79 Å². The summed E-state index contributed by atoms with van der Waals surface area (Å²) in [6.45, 7) is 3.94. The van der Waals surface area contributed by atoms with E-state index in [2.05, 4.69) is 0 Å². The number of carbonyl (C=O) groups excluding carboxylic acids is 1. The van der Waals surface area contributed by atoms with Gasteiger partial charge in [-0.2, -0.15) is 0 Å². The van der Waals surface area contributed by atoms with Gasteiger partial charge in [-0.1, -0.05) is 6.92 Å². The Bertz CT molecular complexity index is 109. The van der Waals surface area contributed by atoms with Gasteiger partial charge in [-0.15, -0.1) is 0 Å². The third kappa shape index (κ3) is 10.4. The zero-order valence-corrected chi connectivity index (χ0v) is 9.46. The van der Waals surface area contributed by atoms with Gasteiger partial charge in [0, 0.05) is 0 Å². The van der Waals surface area contributed by atoms with Crippen molar-refractivity contribution in [3.8, 4) is 0 Å². The van der Waals surface area contributed by atoms with Crippen LogP contribution in [0.4, 0.5) is 0 Å². The van der Waals surface area contributed by atoms with Crippen LogP contribution in [-0.2, 0) is 9.53 Å². The Morgan fingerprint density at radius 3 is 2.64 bits per heavy atom. The summed E-state index contributed by atoms with van der Waals surface area (Å²) in [4.78, 5) is 10.6. The topological polar surface area (TPSA) is 46.5 Å². The van der Waals surface area contributed by atoms with Crippen molar-refractivity contribution in [1.29, 1.82) is 0 Å². The second-order valence-electron chi connectivity index (χ2n) is 2.27. The number of aliphatic hydroxyl groups excluding tert-OH is 1. The molecule has 0 aliphatic rings. The number of aliphatic hydroxyl groups is 1. The van der Waals surface area contributed by atoms with E-state index in [-0.39, 0.29) is 43.4 Å². The molecule has 0 saturated heterocycles. The number of hydrogen-bond acceptors (Lipinski definition) is 3. The first kappa shape index (κ1) is 14.0. The van der Waals surface area contributed by atoms with Crippen LogP contribution >= 0.6 is 0 Å². The van der Waals surface area contributed by atoms with Crippen molar-refractivity contribution in [1.82, 2.24) is 0 Å². The fraction of sp³-hybridized carbons (Fsp3) is 0.857. The van der Waals surface area contributed by atoms with Crippen molar-refractivity contribution in [2.75, 3.05) is 6.61 Å². The Balaban J connectivity index is -0.000000405. The van der Waals surface area contributed by atoms with E-state index in [1.54, 1.807) is 6.92 Å². The molecule has 0 rings (SSSR count). The summed E-state index contributed by atoms with van der Waals surface area (Å²) in [5.41, 5.74) is 0. The van der Waals surface area contributed by atoms with Crippen molar-refractivity contribution in [3.63, 3.8) is 0 Å². The van der Waals surface area contributed by atoms with Crippen LogP contribution in [0.3, 0.4) is 0 Å². The molecule has 0 aliphatic carbocycles. The van der Waals surface area contributed by atoms with Crippen molar-refractivity contribution in [2.45, 2.75) is 32.8 Å². The molecule has 0 heterocycles. The molecule has 1 unspecified atom stereocenters. The number of carbonyl (C=O) groups is 1. The molecular weight excluding hydrogens is 155 g/mol. The smallest absolute Gasteiger partial charge is 1.00 e. The zero-order valence-electron chi connectivity index (χ0n) is 8.46. The maximum atomic E-state index is 10.6. The predicted octanol–water partition coefficient (Wildman–Crippen LogP) is -2.17. The van der Waals surface area contributed by atoms with E-state index in [9.17, 15) is 4.79 Å². The van der Waals surface area contributed by atoms with Crippen molar-refractivity contribution < 1.29 is 45.6 Å². The van der Waals surface area contributed by atoms with Gasteiger partial charge in [0.15, 0.2) is 0 Å². The molecule has 3 nitrogen and oxygen atoms in total. The van der Waals surface area contributed by atoms with Crippen LogP contribution in [0.25, 0.3) is 0 Å². The van der Waals surface area contributed by atoms with Crippen LogP contribution in [0.2, 0.25) is 0 Å². The van der Waals surface area contributed by atoms with Gasteiger partial charge in [0.1, 0.15) is 0 Å². The molecule has 62 valence electrons. The minimum Gasteiger partial charge on any atom is -1.00 e. The molecule has 0 fully saturated rings. The number of hydrogen-bond donors (Lipinski definition) is 1. The molecule has 1 N–H and O–H groups in total. The van der Waals surface area contributed by atoms with Gasteiger partial charge in [-0.25, -0.2) is 0 Å². The Hall–Kier alpha value is 0.430. The van der Waals surface area contributed by atoms with E-state index in [4.69, 9.17) is 9.84 Å². The molecule has 4 heteroatoms. The summed E-state index contributed by atoms with van der Waals surface area (Å²) in [5.74, 6) is -0.322. The summed E-state index contributed by atoms with van der Waals surface area (Å²) >= 11 is 0. The molecule has 0 amide bonds. The number of esters is 1. The summed E-state index contributed by atoms with van der Waals surface area (Å²) in [5, 5.41) is 8.72. The average molecular weight is 170 g/mol. The third-order valence-electron chi connectivity index (χ3n) is 0.929. The third-order valence-corrected chi connectivity index (χ3v) is 0.929. The standard InChI is InChI=1S/C7H14O3.Na.H/c1-3-4-10-7(9)5-6(2)8;;/h6,8H,3-5H2,1-2H3;;/q;+1;-1. The van der Waals surface area contributed by atoms with E-state index in [1.165, 1.54) is 0 Å². The summed E-state index contributed by atoms with van der Waals surface area (Å²) in [6.07, 6.45) is 0.329. The largest absolute Gasteiger partial charge is 1.00 e. The molecule has 0 aromatic rings. The quantitative estimate of drug-likeness (QED) is 0.386. The number of ether oxygens (including phenoxy) is 1. The summed E-state index contributed by atoms with van der Waals surface area (Å²) in [7, 11) is 0. The van der Waals surface area contributed by atoms with E-state index in [1.807, 2.05) is 6.92 Å². The van der Waals surface area contributed by atoms with Gasteiger partial charge >= 0.3 is 35.5 Å². The van der Waals surface area contributed by atoms with Crippen molar-refractivity contribution in [3.05, 3.63) is 0 Å². The van der Waals surface area contributed by atoms with E-state index >= 15 is 0 Å². The molecule has 0 spiro atoms. The van der Waals surface area contributed by atoms with Crippen LogP contribution in [0.15, 0.2) is 0 Å². The fourth-order valence-corrected chi connectivity index (χ4v) is 0.516. The Morgan fingerprint density at radius 2 is 2.27 bits per heavy atom. The monoisotopic (exact) mass is 170 g/mol. The molecule has 0 saturated carbocycles. The van der Waals surface area contributed by atoms with Crippen LogP contribution in [0.5, 0.6) is 0 Å². The molecule has 1 atom stereocenters. The second kappa shape index (κ2) is 8.53. The van der Waals surface area contributed by atoms with Gasteiger partial charge in [0.2, 0.25) is 0 Å². The number of rotatable bonds is 4. The van der Waals surface area contributed by atoms with Gasteiger partial charge in [0.05, 0.1) is 19.1 Å². The van der Waals surface area contributed by atoms with Crippen LogP contribution in [0.1, 0.15) is 28.1 Å². The minimum absolute atomic E-state index is 0. The van der Waals surface area contributed by atoms with Crippen LogP contribution in [0, 0.1) is 0 Å². The Kier molecular flexibility index (Phi) is 10.8. The molecule has 0 aromatic heterocycles. The first-order valence-electron chi connectivity index (χ1n) is 3.50. The maximum absolute atomic E-state index is 10.6. The molecule has 0 bridgehead atoms. The SMILES string of the molecule is CCCOC(=O)CC(C)O.[H-].[Na+]. The summed E-state index contributed by atoms with van der Waals surface area (Å²) in [6, 6.07) is 0. The van der Waals surface area contributed by atoms with Crippen LogP contribution in [-0.4, -0.2) is 23.8 Å². The van der Waals surface area contributed by atoms with Gasteiger partial charge in [-0.05, 0) is 13.3 Å². The minimum atomic E-state index is -0.593. The van der Waals surface area contributed by atoms with Gasteiger partial charge < -0.3 is 11.3 Å². The first-order chi connectivity index (χ1) is 4.66. The first-order valence-corrected chi connectivity index (χ1v) is 3.50. The van der Waals surface area contributed by atoms with Crippen molar-refractivity contribution in [2.24, 2.45) is 0 Å². The van der Waals surface area contributed by atoms with Crippen molar-refractivity contribution >= 4 is 5.97 Å². The van der Waals surface area contributed by atoms with Gasteiger partial charge in [0.25, 0.3) is 0 Å². The summed E-state index contributed by atoms with van der Waals surface area (Å²) < 4.78 is 4.70. The van der Waals surface area contributed by atoms with Crippen LogP contribution < -0.4 is 29.6 Å². The molecule has 11 heavy (non-hydrogen) atoms. The Morgan fingerprint density at radius 1 is 1.73 bits per heavy atom. The van der Waals surface area contributed by atoms with E-state index < -0.39 is 6.10 Å². The second-order valence-corrected chi connectivity index (χ2v) is 2.27. The fourth-order valence-electron chi connectivity index (χ4n) is 0.516. The molecule has 0 aromatic carbocycles. The van der Waals surface area contributed by atoms with E-state index in [0.29, 0.717) is 6.61 Å². The van der Waals surface area contributed by atoms with E-state index in [0.717, 1.165) is 6.42 Å². The molecule has 0 aliphatic heterocycles. The molecule has 0 radical (unpaired) electrons. The normalized spacial score (nSPS) is 11.5. The Labute approximate surface area is 90.9 Å². The predicted molar refractivity (Wildman–Crippen MR) is 38.7 cm³/mol. The maximum Gasteiger partial charge on any atom is 1.00 e. The average Bonchev–Trinajstić information content (AvgIpc) is 1.82.